The predicted octanol–water partition coefficient (Wildman–Crippen LogP) is 7.18. The number of hydrogen-bond donors (Lipinski definition) is 0. The van der Waals surface area contributed by atoms with E-state index in [1.807, 2.05) is 54.9 Å². The summed E-state index contributed by atoms with van der Waals surface area (Å²) in [5.74, 6) is 0.775. The standard InChI is InChI=1S/C35H31N5O3/c1-5-7-15-39-30(18-25-12-10-14-37-33(25)39)34-38-29-17-26(35(41)43-4)19-31(42-3)32(29)40(34)22-23-16-27(21-36-20-23)28-13-9-8-11-24(28)6-2/h5-6,8-14,16-21H,1-2,7,15,22H2,3-4H3. The molecule has 0 N–H and O–H groups in total. The van der Waals surface area contributed by atoms with Crippen LogP contribution in [0.2, 0.25) is 0 Å². The first-order valence-corrected chi connectivity index (χ1v) is 13.9. The molecule has 6 aromatic rings. The second-order valence-corrected chi connectivity index (χ2v) is 10.1. The van der Waals surface area contributed by atoms with Gasteiger partial charge in [0, 0.05) is 36.1 Å². The van der Waals surface area contributed by atoms with Gasteiger partial charge in [0.05, 0.1) is 37.5 Å². The number of hydrogen-bond acceptors (Lipinski definition) is 6. The summed E-state index contributed by atoms with van der Waals surface area (Å²) in [5.41, 5.74) is 7.55. The molecule has 0 fully saturated rings. The summed E-state index contributed by atoms with van der Waals surface area (Å²) in [4.78, 5) is 26.9. The number of allylic oxidation sites excluding steroid dienone is 1. The fraction of sp³-hybridized carbons (Fsp3) is 0.143. The van der Waals surface area contributed by atoms with Gasteiger partial charge in [0.1, 0.15) is 16.9 Å². The highest BCUT2D eigenvalue weighted by Gasteiger charge is 2.23. The van der Waals surface area contributed by atoms with Crippen molar-refractivity contribution in [3.63, 3.8) is 0 Å². The first-order chi connectivity index (χ1) is 21.1. The molecular formula is C35H31N5O3. The number of rotatable bonds is 10. The average molecular weight is 570 g/mol. The Morgan fingerprint density at radius 3 is 2.65 bits per heavy atom. The van der Waals surface area contributed by atoms with Crippen molar-refractivity contribution in [3.8, 4) is 28.4 Å². The third-order valence-corrected chi connectivity index (χ3v) is 7.52. The van der Waals surface area contributed by atoms with Crippen LogP contribution in [0.5, 0.6) is 5.75 Å². The molecule has 6 rings (SSSR count). The quantitative estimate of drug-likeness (QED) is 0.128. The van der Waals surface area contributed by atoms with E-state index < -0.39 is 5.97 Å². The lowest BCUT2D eigenvalue weighted by molar-refractivity contribution is 0.0600. The van der Waals surface area contributed by atoms with E-state index in [-0.39, 0.29) is 0 Å². The lowest BCUT2D eigenvalue weighted by Gasteiger charge is -2.15. The van der Waals surface area contributed by atoms with E-state index in [2.05, 4.69) is 50.5 Å². The summed E-state index contributed by atoms with van der Waals surface area (Å²) < 4.78 is 15.1. The molecule has 0 aliphatic heterocycles. The van der Waals surface area contributed by atoms with Crippen LogP contribution < -0.4 is 4.74 Å². The lowest BCUT2D eigenvalue weighted by Crippen LogP contribution is -2.08. The number of esters is 1. The number of fused-ring (bicyclic) bond motifs is 2. The molecule has 0 unspecified atom stereocenters. The average Bonchev–Trinajstić information content (AvgIpc) is 3.60. The Morgan fingerprint density at radius 2 is 1.86 bits per heavy atom. The number of nitrogens with zero attached hydrogens (tertiary/aromatic N) is 5. The fourth-order valence-corrected chi connectivity index (χ4v) is 5.53. The molecule has 43 heavy (non-hydrogen) atoms. The zero-order chi connectivity index (χ0) is 29.9. The van der Waals surface area contributed by atoms with Crippen LogP contribution in [0.25, 0.3) is 50.8 Å². The number of carbonyl (C=O) groups excluding carboxylic acids is 1. The van der Waals surface area contributed by atoms with E-state index in [1.54, 1.807) is 25.4 Å². The number of aromatic nitrogens is 5. The highest BCUT2D eigenvalue weighted by molar-refractivity contribution is 5.97. The van der Waals surface area contributed by atoms with E-state index in [1.165, 1.54) is 7.11 Å². The topological polar surface area (TPSA) is 84.1 Å². The fourth-order valence-electron chi connectivity index (χ4n) is 5.53. The largest absolute Gasteiger partial charge is 0.494 e. The van der Waals surface area contributed by atoms with Gasteiger partial charge in [0.2, 0.25) is 0 Å². The van der Waals surface area contributed by atoms with Crippen molar-refractivity contribution in [1.82, 2.24) is 24.1 Å². The lowest BCUT2D eigenvalue weighted by atomic mass is 10.00. The van der Waals surface area contributed by atoms with E-state index in [0.29, 0.717) is 35.7 Å². The number of pyridine rings is 2. The molecule has 0 aliphatic rings. The van der Waals surface area contributed by atoms with Crippen molar-refractivity contribution in [1.29, 1.82) is 0 Å². The van der Waals surface area contributed by atoms with Crippen LogP contribution in [0.1, 0.15) is 27.9 Å². The molecule has 214 valence electrons. The SMILES string of the molecule is C=CCCn1c(-c2nc3cc(C(=O)OC)cc(OC)c3n2Cc2cncc(-c3ccccc3C=C)c2)cc2cccnc21. The van der Waals surface area contributed by atoms with Crippen LogP contribution in [0, 0.1) is 0 Å². The van der Waals surface area contributed by atoms with Crippen molar-refractivity contribution in [3.05, 3.63) is 115 Å². The molecule has 4 heterocycles. The van der Waals surface area contributed by atoms with Gasteiger partial charge in [0.25, 0.3) is 0 Å². The maximum absolute atomic E-state index is 12.5. The Labute approximate surface area is 249 Å². The Hall–Kier alpha value is -5.50. The van der Waals surface area contributed by atoms with E-state index in [9.17, 15) is 4.79 Å². The predicted molar refractivity (Wildman–Crippen MR) is 170 cm³/mol. The monoisotopic (exact) mass is 569 g/mol. The molecule has 2 aromatic carbocycles. The van der Waals surface area contributed by atoms with Crippen LogP contribution in [0.3, 0.4) is 0 Å². The summed E-state index contributed by atoms with van der Waals surface area (Å²) >= 11 is 0. The molecule has 8 nitrogen and oxygen atoms in total. The first kappa shape index (κ1) is 27.7. The van der Waals surface area contributed by atoms with Crippen LogP contribution in [0.4, 0.5) is 0 Å². The Morgan fingerprint density at radius 1 is 1.00 bits per heavy atom. The Bertz CT molecular complexity index is 2000. The summed E-state index contributed by atoms with van der Waals surface area (Å²) in [7, 11) is 2.95. The molecule has 0 bridgehead atoms. The van der Waals surface area contributed by atoms with Crippen molar-refractivity contribution in [2.24, 2.45) is 0 Å². The minimum atomic E-state index is -0.460. The van der Waals surface area contributed by atoms with Crippen molar-refractivity contribution in [2.45, 2.75) is 19.5 Å². The highest BCUT2D eigenvalue weighted by Crippen LogP contribution is 2.36. The smallest absolute Gasteiger partial charge is 0.338 e. The van der Waals surface area contributed by atoms with E-state index in [4.69, 9.17) is 14.5 Å². The zero-order valence-electron chi connectivity index (χ0n) is 24.2. The molecule has 0 saturated carbocycles. The zero-order valence-corrected chi connectivity index (χ0v) is 24.2. The van der Waals surface area contributed by atoms with E-state index >= 15 is 0 Å². The third kappa shape index (κ3) is 5.08. The Balaban J connectivity index is 1.59. The van der Waals surface area contributed by atoms with Gasteiger partial charge in [-0.05, 0) is 59.5 Å². The van der Waals surface area contributed by atoms with E-state index in [0.717, 1.165) is 50.9 Å². The highest BCUT2D eigenvalue weighted by atomic mass is 16.5. The second kappa shape index (κ2) is 11.8. The van der Waals surface area contributed by atoms with Gasteiger partial charge in [-0.1, -0.05) is 43.0 Å². The van der Waals surface area contributed by atoms with Crippen LogP contribution >= 0.6 is 0 Å². The van der Waals surface area contributed by atoms with Gasteiger partial charge in [0.15, 0.2) is 5.82 Å². The maximum atomic E-state index is 12.5. The van der Waals surface area contributed by atoms with Crippen molar-refractivity contribution < 1.29 is 14.3 Å². The number of imidazole rings is 1. The number of ether oxygens (including phenoxy) is 2. The molecule has 0 radical (unpaired) electrons. The van der Waals surface area contributed by atoms with Gasteiger partial charge >= 0.3 is 5.97 Å². The number of methoxy groups -OCH3 is 2. The van der Waals surface area contributed by atoms with Crippen LogP contribution in [-0.4, -0.2) is 44.3 Å². The molecule has 0 atom stereocenters. The second-order valence-electron chi connectivity index (χ2n) is 10.1. The summed E-state index contributed by atoms with van der Waals surface area (Å²) in [6.45, 7) is 9.04. The maximum Gasteiger partial charge on any atom is 0.338 e. The van der Waals surface area contributed by atoms with Crippen LogP contribution in [-0.2, 0) is 17.8 Å². The summed E-state index contributed by atoms with van der Waals surface area (Å²) in [6.07, 6.45) is 10.0. The number of benzene rings is 2. The molecule has 4 aromatic heterocycles. The molecule has 0 amide bonds. The summed E-state index contributed by atoms with van der Waals surface area (Å²) in [6, 6.07) is 19.8. The number of carbonyl (C=O) groups is 1. The van der Waals surface area contributed by atoms with Crippen molar-refractivity contribution >= 4 is 34.1 Å². The van der Waals surface area contributed by atoms with Gasteiger partial charge in [-0.2, -0.15) is 0 Å². The minimum absolute atomic E-state index is 0.363. The Kier molecular flexibility index (Phi) is 7.57. The first-order valence-electron chi connectivity index (χ1n) is 13.9. The van der Waals surface area contributed by atoms with Crippen LogP contribution in [0.15, 0.2) is 98.5 Å². The molecule has 0 spiro atoms. The molecular weight excluding hydrogens is 538 g/mol. The van der Waals surface area contributed by atoms with Gasteiger partial charge < -0.3 is 18.6 Å². The third-order valence-electron chi connectivity index (χ3n) is 7.52. The number of aryl methyl sites for hydroxylation is 1. The molecule has 0 aliphatic carbocycles. The minimum Gasteiger partial charge on any atom is -0.494 e. The summed E-state index contributed by atoms with van der Waals surface area (Å²) in [5, 5.41) is 1.01. The van der Waals surface area contributed by atoms with Gasteiger partial charge in [-0.25, -0.2) is 14.8 Å². The van der Waals surface area contributed by atoms with Gasteiger partial charge in [-0.15, -0.1) is 6.58 Å². The van der Waals surface area contributed by atoms with Crippen molar-refractivity contribution in [2.75, 3.05) is 14.2 Å². The normalized spacial score (nSPS) is 11.1. The molecule has 0 saturated heterocycles. The van der Waals surface area contributed by atoms with Gasteiger partial charge in [-0.3, -0.25) is 4.98 Å². The molecule has 8 heteroatoms.